The standard InChI is InChI=1S/C23H29N3O2/c1-24(20-11-6-8-18-7-2-3-9-19(18)20)23(28)17-25-13-15-26(16-14-25)21-10-4-5-12-22(21)27/h2-5,7,9-10,12,20,27H,6,8,11,13-17H2,1H3/t20-/m0/s1. The highest BCUT2D eigenvalue weighted by molar-refractivity contribution is 5.78. The van der Waals surface area contributed by atoms with Crippen molar-refractivity contribution in [2.24, 2.45) is 0 Å². The molecule has 0 radical (unpaired) electrons. The van der Waals surface area contributed by atoms with E-state index in [4.69, 9.17) is 0 Å². The number of aromatic hydroxyl groups is 1. The lowest BCUT2D eigenvalue weighted by Gasteiger charge is -2.38. The van der Waals surface area contributed by atoms with Gasteiger partial charge in [-0.05, 0) is 42.5 Å². The summed E-state index contributed by atoms with van der Waals surface area (Å²) in [5.74, 6) is 0.514. The smallest absolute Gasteiger partial charge is 0.237 e. The number of hydrogen-bond donors (Lipinski definition) is 1. The highest BCUT2D eigenvalue weighted by Gasteiger charge is 2.28. The molecule has 0 bridgehead atoms. The number of piperazine rings is 1. The van der Waals surface area contributed by atoms with Gasteiger partial charge in [-0.2, -0.15) is 0 Å². The Morgan fingerprint density at radius 3 is 2.57 bits per heavy atom. The second-order valence-corrected chi connectivity index (χ2v) is 7.86. The molecule has 1 heterocycles. The third-order valence-corrected chi connectivity index (χ3v) is 6.15. The topological polar surface area (TPSA) is 47.0 Å². The number of rotatable bonds is 4. The first-order valence-electron chi connectivity index (χ1n) is 10.2. The van der Waals surface area contributed by atoms with Gasteiger partial charge in [0.05, 0.1) is 18.3 Å². The molecule has 1 fully saturated rings. The van der Waals surface area contributed by atoms with Crippen molar-refractivity contribution >= 4 is 11.6 Å². The number of fused-ring (bicyclic) bond motifs is 1. The number of carbonyl (C=O) groups is 1. The largest absolute Gasteiger partial charge is 0.506 e. The van der Waals surface area contributed by atoms with Crippen LogP contribution in [0.5, 0.6) is 5.75 Å². The molecular formula is C23H29N3O2. The minimum Gasteiger partial charge on any atom is -0.506 e. The van der Waals surface area contributed by atoms with Crippen LogP contribution >= 0.6 is 0 Å². The second kappa shape index (κ2) is 8.23. The first-order valence-corrected chi connectivity index (χ1v) is 10.2. The van der Waals surface area contributed by atoms with Gasteiger partial charge in [0.2, 0.25) is 5.91 Å². The number of anilines is 1. The molecule has 5 nitrogen and oxygen atoms in total. The number of hydrogen-bond acceptors (Lipinski definition) is 4. The van der Waals surface area contributed by atoms with E-state index in [0.29, 0.717) is 12.3 Å². The zero-order valence-corrected chi connectivity index (χ0v) is 16.6. The maximum absolute atomic E-state index is 13.0. The summed E-state index contributed by atoms with van der Waals surface area (Å²) in [7, 11) is 1.95. The zero-order chi connectivity index (χ0) is 19.5. The predicted octanol–water partition coefficient (Wildman–Crippen LogP) is 3.05. The predicted molar refractivity (Wildman–Crippen MR) is 112 cm³/mol. The summed E-state index contributed by atoms with van der Waals surface area (Å²) in [5.41, 5.74) is 3.58. The van der Waals surface area contributed by atoms with E-state index in [1.165, 1.54) is 11.1 Å². The molecule has 1 aliphatic heterocycles. The number of benzene rings is 2. The molecule has 0 saturated carbocycles. The summed E-state index contributed by atoms with van der Waals surface area (Å²) in [5, 5.41) is 10.1. The number of phenols is 1. The minimum atomic E-state index is 0.192. The quantitative estimate of drug-likeness (QED) is 0.887. The van der Waals surface area contributed by atoms with E-state index in [1.54, 1.807) is 6.07 Å². The molecule has 0 aromatic heterocycles. The van der Waals surface area contributed by atoms with Crippen LogP contribution in [0.2, 0.25) is 0 Å². The van der Waals surface area contributed by atoms with Crippen LogP contribution in [0, 0.1) is 0 Å². The van der Waals surface area contributed by atoms with Crippen LogP contribution in [0.4, 0.5) is 5.69 Å². The maximum atomic E-state index is 13.0. The van der Waals surface area contributed by atoms with Crippen LogP contribution in [0.1, 0.15) is 30.0 Å². The monoisotopic (exact) mass is 379 g/mol. The number of nitrogens with zero attached hydrogens (tertiary/aromatic N) is 3. The van der Waals surface area contributed by atoms with E-state index >= 15 is 0 Å². The van der Waals surface area contributed by atoms with Gasteiger partial charge in [0, 0.05) is 33.2 Å². The summed E-state index contributed by atoms with van der Waals surface area (Å²) in [6.45, 7) is 3.76. The first-order chi connectivity index (χ1) is 13.6. The molecule has 1 N–H and O–H groups in total. The molecule has 1 amide bonds. The van der Waals surface area contributed by atoms with Gasteiger partial charge < -0.3 is 14.9 Å². The van der Waals surface area contributed by atoms with Crippen LogP contribution in [0.3, 0.4) is 0 Å². The minimum absolute atomic E-state index is 0.192. The summed E-state index contributed by atoms with van der Waals surface area (Å²) in [4.78, 5) is 19.3. The molecule has 1 aliphatic carbocycles. The Hall–Kier alpha value is -2.53. The summed E-state index contributed by atoms with van der Waals surface area (Å²) >= 11 is 0. The number of aryl methyl sites for hydroxylation is 1. The Labute approximate surface area is 167 Å². The number of para-hydroxylation sites is 2. The van der Waals surface area contributed by atoms with Crippen molar-refractivity contribution in [2.75, 3.05) is 44.7 Å². The van der Waals surface area contributed by atoms with Crippen molar-refractivity contribution in [1.29, 1.82) is 0 Å². The van der Waals surface area contributed by atoms with Gasteiger partial charge >= 0.3 is 0 Å². The average molecular weight is 380 g/mol. The van der Waals surface area contributed by atoms with Crippen molar-refractivity contribution in [3.8, 4) is 5.75 Å². The lowest BCUT2D eigenvalue weighted by atomic mass is 9.87. The Bertz CT molecular complexity index is 830. The SMILES string of the molecule is CN(C(=O)CN1CCN(c2ccccc2O)CC1)[C@H]1CCCc2ccccc21. The van der Waals surface area contributed by atoms with Gasteiger partial charge in [-0.1, -0.05) is 36.4 Å². The molecule has 5 heteroatoms. The molecule has 1 atom stereocenters. The van der Waals surface area contributed by atoms with E-state index in [0.717, 1.165) is 51.1 Å². The lowest BCUT2D eigenvalue weighted by molar-refractivity contribution is -0.133. The number of likely N-dealkylation sites (N-methyl/N-ethyl adjacent to an activating group) is 1. The van der Waals surface area contributed by atoms with Crippen molar-refractivity contribution in [3.63, 3.8) is 0 Å². The molecule has 2 aromatic carbocycles. The van der Waals surface area contributed by atoms with Gasteiger partial charge in [0.25, 0.3) is 0 Å². The van der Waals surface area contributed by atoms with Gasteiger partial charge in [-0.15, -0.1) is 0 Å². The van der Waals surface area contributed by atoms with Crippen LogP contribution in [0.25, 0.3) is 0 Å². The second-order valence-electron chi connectivity index (χ2n) is 7.86. The van der Waals surface area contributed by atoms with Crippen LogP contribution in [-0.2, 0) is 11.2 Å². The Morgan fingerprint density at radius 1 is 1.07 bits per heavy atom. The Balaban J connectivity index is 1.34. The lowest BCUT2D eigenvalue weighted by Crippen LogP contribution is -2.50. The maximum Gasteiger partial charge on any atom is 0.237 e. The Morgan fingerprint density at radius 2 is 1.79 bits per heavy atom. The molecular weight excluding hydrogens is 350 g/mol. The molecule has 28 heavy (non-hydrogen) atoms. The highest BCUT2D eigenvalue weighted by Crippen LogP contribution is 2.33. The van der Waals surface area contributed by atoms with E-state index in [1.807, 2.05) is 30.1 Å². The molecule has 0 spiro atoms. The molecule has 4 rings (SSSR count). The number of amides is 1. The zero-order valence-electron chi connectivity index (χ0n) is 16.6. The summed E-state index contributed by atoms with van der Waals surface area (Å²) in [6, 6.07) is 16.2. The van der Waals surface area contributed by atoms with Crippen molar-refractivity contribution in [3.05, 3.63) is 59.7 Å². The van der Waals surface area contributed by atoms with E-state index in [2.05, 4.69) is 34.1 Å². The average Bonchev–Trinajstić information content (AvgIpc) is 2.74. The van der Waals surface area contributed by atoms with E-state index < -0.39 is 0 Å². The summed E-state index contributed by atoms with van der Waals surface area (Å²) in [6.07, 6.45) is 3.29. The molecule has 2 aromatic rings. The van der Waals surface area contributed by atoms with E-state index in [-0.39, 0.29) is 11.9 Å². The van der Waals surface area contributed by atoms with Crippen molar-refractivity contribution in [2.45, 2.75) is 25.3 Å². The number of phenolic OH excluding ortho intramolecular Hbond substituents is 1. The molecule has 1 saturated heterocycles. The fourth-order valence-corrected chi connectivity index (χ4v) is 4.49. The molecule has 2 aliphatic rings. The normalized spacial score (nSPS) is 19.9. The van der Waals surface area contributed by atoms with Crippen molar-refractivity contribution in [1.82, 2.24) is 9.80 Å². The Kier molecular flexibility index (Phi) is 5.53. The third kappa shape index (κ3) is 3.85. The summed E-state index contributed by atoms with van der Waals surface area (Å²) < 4.78 is 0. The fraction of sp³-hybridized carbons (Fsp3) is 0.435. The van der Waals surface area contributed by atoms with Gasteiger partial charge in [-0.3, -0.25) is 9.69 Å². The number of carbonyl (C=O) groups excluding carboxylic acids is 1. The van der Waals surface area contributed by atoms with Crippen molar-refractivity contribution < 1.29 is 9.90 Å². The van der Waals surface area contributed by atoms with Crippen LogP contribution in [-0.4, -0.2) is 60.6 Å². The van der Waals surface area contributed by atoms with Gasteiger partial charge in [0.1, 0.15) is 5.75 Å². The fourth-order valence-electron chi connectivity index (χ4n) is 4.49. The first kappa shape index (κ1) is 18.8. The molecule has 0 unspecified atom stereocenters. The van der Waals surface area contributed by atoms with Gasteiger partial charge in [-0.25, -0.2) is 0 Å². The third-order valence-electron chi connectivity index (χ3n) is 6.15. The van der Waals surface area contributed by atoms with Crippen LogP contribution < -0.4 is 4.90 Å². The highest BCUT2D eigenvalue weighted by atomic mass is 16.3. The van der Waals surface area contributed by atoms with Crippen LogP contribution in [0.15, 0.2) is 48.5 Å². The van der Waals surface area contributed by atoms with E-state index in [9.17, 15) is 9.90 Å². The molecule has 148 valence electrons. The van der Waals surface area contributed by atoms with Gasteiger partial charge in [0.15, 0.2) is 0 Å².